The number of carbonyl (C=O) groups is 1. The van der Waals surface area contributed by atoms with Gasteiger partial charge in [0.05, 0.1) is 26.0 Å². The molecule has 0 aliphatic carbocycles. The van der Waals surface area contributed by atoms with Gasteiger partial charge in [0, 0.05) is 25.2 Å². The van der Waals surface area contributed by atoms with E-state index in [9.17, 15) is 9.18 Å². The van der Waals surface area contributed by atoms with Crippen LogP contribution in [0.15, 0.2) is 65.3 Å². The molecular formula is C23H21FN2O4. The molecule has 1 amide bonds. The van der Waals surface area contributed by atoms with Gasteiger partial charge in [0.15, 0.2) is 17.1 Å². The van der Waals surface area contributed by atoms with Crippen LogP contribution in [0.2, 0.25) is 0 Å². The zero-order valence-electron chi connectivity index (χ0n) is 16.6. The minimum atomic E-state index is -0.317. The van der Waals surface area contributed by atoms with Crippen LogP contribution in [0.1, 0.15) is 21.6 Å². The number of hydrogen-bond donors (Lipinski definition) is 1. The summed E-state index contributed by atoms with van der Waals surface area (Å²) in [6.45, 7) is 0.658. The lowest BCUT2D eigenvalue weighted by Gasteiger charge is -2.12. The van der Waals surface area contributed by atoms with E-state index in [1.165, 1.54) is 12.1 Å². The number of ether oxygens (including phenoxy) is 2. The average Bonchev–Trinajstić information content (AvgIpc) is 3.34. The van der Waals surface area contributed by atoms with Gasteiger partial charge >= 0.3 is 0 Å². The van der Waals surface area contributed by atoms with E-state index in [-0.39, 0.29) is 11.7 Å². The molecule has 2 aromatic heterocycles. The highest BCUT2D eigenvalue weighted by molar-refractivity contribution is 5.97. The summed E-state index contributed by atoms with van der Waals surface area (Å²) < 4.78 is 31.4. The van der Waals surface area contributed by atoms with E-state index in [2.05, 4.69) is 5.32 Å². The van der Waals surface area contributed by atoms with Crippen molar-refractivity contribution >= 4 is 17.0 Å². The average molecular weight is 408 g/mol. The predicted octanol–water partition coefficient (Wildman–Crippen LogP) is 4.37. The molecule has 6 nitrogen and oxygen atoms in total. The zero-order chi connectivity index (χ0) is 21.1. The largest absolute Gasteiger partial charge is 0.493 e. The van der Waals surface area contributed by atoms with Crippen molar-refractivity contribution in [2.45, 2.75) is 13.1 Å². The maximum Gasteiger partial charge on any atom is 0.268 e. The molecule has 7 heteroatoms. The molecule has 0 aliphatic heterocycles. The van der Waals surface area contributed by atoms with Gasteiger partial charge in [-0.3, -0.25) is 4.79 Å². The Kier molecular flexibility index (Phi) is 5.43. The van der Waals surface area contributed by atoms with Gasteiger partial charge in [-0.2, -0.15) is 0 Å². The Balaban J connectivity index is 1.57. The minimum Gasteiger partial charge on any atom is -0.493 e. The van der Waals surface area contributed by atoms with E-state index in [0.29, 0.717) is 35.9 Å². The van der Waals surface area contributed by atoms with Gasteiger partial charge in [0.1, 0.15) is 11.5 Å². The van der Waals surface area contributed by atoms with Crippen molar-refractivity contribution < 1.29 is 23.1 Å². The van der Waals surface area contributed by atoms with Gasteiger partial charge in [0.25, 0.3) is 5.91 Å². The molecule has 2 aromatic carbocycles. The maximum atomic E-state index is 13.6. The molecule has 154 valence electrons. The third-order valence-electron chi connectivity index (χ3n) is 4.89. The monoisotopic (exact) mass is 408 g/mol. The van der Waals surface area contributed by atoms with Gasteiger partial charge in [-0.05, 0) is 35.4 Å². The second-order valence-electron chi connectivity index (χ2n) is 6.79. The number of carbonyl (C=O) groups excluding carboxylic acids is 1. The molecule has 4 rings (SSSR count). The van der Waals surface area contributed by atoms with Crippen molar-refractivity contribution in [3.05, 3.63) is 83.5 Å². The first-order valence-corrected chi connectivity index (χ1v) is 9.39. The molecule has 0 saturated carbocycles. The number of nitrogens with one attached hydrogen (secondary N) is 1. The highest BCUT2D eigenvalue weighted by atomic mass is 19.1. The Bertz CT molecular complexity index is 1200. The maximum absolute atomic E-state index is 13.6. The molecule has 0 saturated heterocycles. The van der Waals surface area contributed by atoms with Crippen molar-refractivity contribution in [1.29, 1.82) is 0 Å². The Morgan fingerprint density at radius 3 is 2.63 bits per heavy atom. The Hall–Kier alpha value is -3.74. The van der Waals surface area contributed by atoms with E-state index in [1.807, 2.05) is 22.8 Å². The number of fused-ring (bicyclic) bond motifs is 1. The number of halogens is 1. The van der Waals surface area contributed by atoms with Crippen LogP contribution in [0.4, 0.5) is 4.39 Å². The fraction of sp³-hybridized carbons (Fsp3) is 0.174. The normalized spacial score (nSPS) is 10.9. The molecule has 0 fully saturated rings. The van der Waals surface area contributed by atoms with E-state index in [0.717, 1.165) is 16.6 Å². The number of hydrogen-bond acceptors (Lipinski definition) is 4. The molecule has 0 spiro atoms. The predicted molar refractivity (Wildman–Crippen MR) is 110 cm³/mol. The van der Waals surface area contributed by atoms with Crippen LogP contribution >= 0.6 is 0 Å². The lowest BCUT2D eigenvalue weighted by atomic mass is 10.2. The molecule has 0 radical (unpaired) electrons. The molecule has 0 atom stereocenters. The van der Waals surface area contributed by atoms with Crippen LogP contribution < -0.4 is 14.8 Å². The number of rotatable bonds is 7. The van der Waals surface area contributed by atoms with Crippen molar-refractivity contribution in [3.63, 3.8) is 0 Å². The molecule has 0 bridgehead atoms. The van der Waals surface area contributed by atoms with Crippen molar-refractivity contribution in [3.8, 4) is 11.5 Å². The van der Waals surface area contributed by atoms with Gasteiger partial charge in [-0.25, -0.2) is 4.39 Å². The minimum absolute atomic E-state index is 0.257. The highest BCUT2D eigenvalue weighted by Gasteiger charge is 2.18. The van der Waals surface area contributed by atoms with Crippen molar-refractivity contribution in [2.24, 2.45) is 0 Å². The van der Waals surface area contributed by atoms with Gasteiger partial charge in [0.2, 0.25) is 0 Å². The Labute approximate surface area is 172 Å². The van der Waals surface area contributed by atoms with Crippen LogP contribution in [0.25, 0.3) is 11.1 Å². The van der Waals surface area contributed by atoms with Crippen molar-refractivity contribution in [1.82, 2.24) is 9.88 Å². The number of aromatic nitrogens is 1. The van der Waals surface area contributed by atoms with E-state index >= 15 is 0 Å². The lowest BCUT2D eigenvalue weighted by molar-refractivity contribution is 0.0942. The molecule has 0 aliphatic rings. The second kappa shape index (κ2) is 8.32. The van der Waals surface area contributed by atoms with Crippen LogP contribution in [0.3, 0.4) is 0 Å². The summed E-state index contributed by atoms with van der Waals surface area (Å²) in [5, 5.41) is 2.92. The fourth-order valence-corrected chi connectivity index (χ4v) is 3.42. The third-order valence-corrected chi connectivity index (χ3v) is 4.89. The van der Waals surface area contributed by atoms with Crippen LogP contribution in [-0.2, 0) is 13.1 Å². The summed E-state index contributed by atoms with van der Waals surface area (Å²) in [6.07, 6.45) is 1.57. The Morgan fingerprint density at radius 2 is 1.87 bits per heavy atom. The number of benzene rings is 2. The number of nitrogens with zero attached hydrogens (tertiary/aromatic N) is 1. The quantitative estimate of drug-likeness (QED) is 0.493. The van der Waals surface area contributed by atoms with E-state index in [1.54, 1.807) is 44.7 Å². The molecule has 1 N–H and O–H groups in total. The van der Waals surface area contributed by atoms with Crippen molar-refractivity contribution in [2.75, 3.05) is 14.2 Å². The first-order valence-electron chi connectivity index (χ1n) is 9.39. The highest BCUT2D eigenvalue weighted by Crippen LogP contribution is 2.27. The standard InChI is InChI=1S/C23H21FN2O4/c1-28-20-7-6-15(11-22(20)29-2)13-25-23(27)19-12-21-18(8-9-30-21)26(19)14-16-4-3-5-17(24)10-16/h3-12H,13-14H2,1-2H3,(H,25,27). The number of amides is 1. The summed E-state index contributed by atoms with van der Waals surface area (Å²) >= 11 is 0. The summed E-state index contributed by atoms with van der Waals surface area (Å²) in [4.78, 5) is 12.9. The summed E-state index contributed by atoms with van der Waals surface area (Å²) in [6, 6.07) is 15.3. The molecule has 2 heterocycles. The number of methoxy groups -OCH3 is 2. The van der Waals surface area contributed by atoms with Gasteiger partial charge in [-0.15, -0.1) is 0 Å². The van der Waals surface area contributed by atoms with Gasteiger partial charge < -0.3 is 23.8 Å². The smallest absolute Gasteiger partial charge is 0.268 e. The third kappa shape index (κ3) is 3.87. The fourth-order valence-electron chi connectivity index (χ4n) is 3.42. The van der Waals surface area contributed by atoms with Crippen LogP contribution in [0, 0.1) is 5.82 Å². The topological polar surface area (TPSA) is 65.6 Å². The summed E-state index contributed by atoms with van der Waals surface area (Å²) in [5.41, 5.74) is 3.43. The zero-order valence-corrected chi connectivity index (χ0v) is 16.6. The summed E-state index contributed by atoms with van der Waals surface area (Å²) in [5.74, 6) is 0.642. The first-order chi connectivity index (χ1) is 14.6. The first kappa shape index (κ1) is 19.6. The van der Waals surface area contributed by atoms with Gasteiger partial charge in [-0.1, -0.05) is 18.2 Å². The summed E-state index contributed by atoms with van der Waals surface area (Å²) in [7, 11) is 3.14. The molecule has 0 unspecified atom stereocenters. The van der Waals surface area contributed by atoms with E-state index < -0.39 is 0 Å². The van der Waals surface area contributed by atoms with Crippen LogP contribution in [-0.4, -0.2) is 24.7 Å². The number of furan rings is 1. The Morgan fingerprint density at radius 1 is 1.03 bits per heavy atom. The SMILES string of the molecule is COc1ccc(CNC(=O)c2cc3occc3n2Cc2cccc(F)c2)cc1OC. The molecular weight excluding hydrogens is 387 g/mol. The van der Waals surface area contributed by atoms with E-state index in [4.69, 9.17) is 13.9 Å². The van der Waals surface area contributed by atoms with Crippen LogP contribution in [0.5, 0.6) is 11.5 Å². The second-order valence-corrected chi connectivity index (χ2v) is 6.79. The molecule has 30 heavy (non-hydrogen) atoms. The molecule has 4 aromatic rings. The lowest BCUT2D eigenvalue weighted by Crippen LogP contribution is -2.25.